The monoisotopic (exact) mass is 300 g/mol. The standard InChI is InChI=1S/C15H24O4S/c1-13(16)14-4-3-5-15(12-14)20-11-10-19-9-8-18-7-6-17-2/h3-5,12-13,16H,6-11H2,1-2H3. The molecule has 0 fully saturated rings. The Kier molecular flexibility index (Phi) is 9.70. The number of aliphatic hydroxyl groups excluding tert-OH is 1. The van der Waals surface area contributed by atoms with Gasteiger partial charge in [-0.1, -0.05) is 12.1 Å². The Morgan fingerprint density at radius 1 is 1.10 bits per heavy atom. The largest absolute Gasteiger partial charge is 0.389 e. The third-order valence-corrected chi connectivity index (χ3v) is 3.60. The van der Waals surface area contributed by atoms with Crippen LogP contribution < -0.4 is 0 Å². The molecular formula is C15H24O4S. The molecular weight excluding hydrogens is 276 g/mol. The molecule has 0 saturated carbocycles. The SMILES string of the molecule is COCCOCCOCCSc1cccc(C(C)O)c1. The van der Waals surface area contributed by atoms with Gasteiger partial charge in [-0.3, -0.25) is 0 Å². The van der Waals surface area contributed by atoms with Crippen LogP contribution in [0.2, 0.25) is 0 Å². The number of hydrogen-bond donors (Lipinski definition) is 1. The average Bonchev–Trinajstić information content (AvgIpc) is 2.46. The first-order valence-electron chi connectivity index (χ1n) is 6.79. The highest BCUT2D eigenvalue weighted by molar-refractivity contribution is 7.99. The molecule has 1 aromatic carbocycles. The number of methoxy groups -OCH3 is 1. The Bertz CT molecular complexity index is 357. The van der Waals surface area contributed by atoms with E-state index in [1.54, 1.807) is 25.8 Å². The minimum absolute atomic E-state index is 0.420. The number of ether oxygens (including phenoxy) is 3. The van der Waals surface area contributed by atoms with Crippen LogP contribution in [0, 0.1) is 0 Å². The maximum absolute atomic E-state index is 9.52. The molecule has 1 rings (SSSR count). The van der Waals surface area contributed by atoms with Gasteiger partial charge in [-0.05, 0) is 24.6 Å². The van der Waals surface area contributed by atoms with Gasteiger partial charge in [-0.2, -0.15) is 0 Å². The van der Waals surface area contributed by atoms with E-state index in [1.165, 1.54) is 0 Å². The number of thioether (sulfide) groups is 1. The number of hydrogen-bond acceptors (Lipinski definition) is 5. The van der Waals surface area contributed by atoms with E-state index in [9.17, 15) is 5.11 Å². The zero-order chi connectivity index (χ0) is 14.6. The summed E-state index contributed by atoms with van der Waals surface area (Å²) in [6, 6.07) is 7.96. The van der Waals surface area contributed by atoms with Crippen LogP contribution in [0.3, 0.4) is 0 Å². The molecule has 0 spiro atoms. The lowest BCUT2D eigenvalue weighted by Crippen LogP contribution is -2.09. The maximum Gasteiger partial charge on any atom is 0.0762 e. The lowest BCUT2D eigenvalue weighted by Gasteiger charge is -2.08. The van der Waals surface area contributed by atoms with Crippen molar-refractivity contribution in [2.75, 3.05) is 45.9 Å². The Hall–Kier alpha value is -0.590. The van der Waals surface area contributed by atoms with Crippen LogP contribution in [0.1, 0.15) is 18.6 Å². The fourth-order valence-corrected chi connectivity index (χ4v) is 2.38. The van der Waals surface area contributed by atoms with Crippen molar-refractivity contribution in [2.45, 2.75) is 17.9 Å². The second-order valence-corrected chi connectivity index (χ2v) is 5.48. The highest BCUT2D eigenvalue weighted by Gasteiger charge is 2.01. The molecule has 1 atom stereocenters. The van der Waals surface area contributed by atoms with E-state index in [0.29, 0.717) is 33.0 Å². The Morgan fingerprint density at radius 2 is 1.80 bits per heavy atom. The summed E-state index contributed by atoms with van der Waals surface area (Å²) in [5.74, 6) is 0.890. The quantitative estimate of drug-likeness (QED) is 0.502. The predicted molar refractivity (Wildman–Crippen MR) is 81.3 cm³/mol. The third-order valence-electron chi connectivity index (χ3n) is 2.64. The minimum atomic E-state index is -0.420. The summed E-state index contributed by atoms with van der Waals surface area (Å²) in [5, 5.41) is 9.52. The van der Waals surface area contributed by atoms with Crippen molar-refractivity contribution in [1.82, 2.24) is 0 Å². The summed E-state index contributed by atoms with van der Waals surface area (Å²) in [6.45, 7) is 4.91. The van der Waals surface area contributed by atoms with Crippen molar-refractivity contribution in [3.63, 3.8) is 0 Å². The smallest absolute Gasteiger partial charge is 0.0762 e. The molecule has 4 nitrogen and oxygen atoms in total. The van der Waals surface area contributed by atoms with Gasteiger partial charge in [0.15, 0.2) is 0 Å². The van der Waals surface area contributed by atoms with E-state index >= 15 is 0 Å². The molecule has 0 radical (unpaired) electrons. The first-order chi connectivity index (χ1) is 9.74. The highest BCUT2D eigenvalue weighted by atomic mass is 32.2. The van der Waals surface area contributed by atoms with Gasteiger partial charge in [0, 0.05) is 17.8 Å². The molecule has 5 heteroatoms. The molecule has 0 aliphatic carbocycles. The predicted octanol–water partition coefficient (Wildman–Crippen LogP) is 2.51. The number of aliphatic hydroxyl groups is 1. The highest BCUT2D eigenvalue weighted by Crippen LogP contribution is 2.22. The van der Waals surface area contributed by atoms with Crippen LogP contribution in [0.25, 0.3) is 0 Å². The second kappa shape index (κ2) is 11.1. The van der Waals surface area contributed by atoms with Gasteiger partial charge in [-0.15, -0.1) is 11.8 Å². The average molecular weight is 300 g/mol. The van der Waals surface area contributed by atoms with Crippen molar-refractivity contribution < 1.29 is 19.3 Å². The Balaban J connectivity index is 2.05. The molecule has 0 aromatic heterocycles. The normalized spacial score (nSPS) is 12.6. The van der Waals surface area contributed by atoms with Crippen LogP contribution in [0.15, 0.2) is 29.2 Å². The molecule has 0 heterocycles. The van der Waals surface area contributed by atoms with E-state index < -0.39 is 6.10 Å². The van der Waals surface area contributed by atoms with Crippen LogP contribution in [0.5, 0.6) is 0 Å². The van der Waals surface area contributed by atoms with E-state index in [1.807, 2.05) is 24.3 Å². The second-order valence-electron chi connectivity index (χ2n) is 4.31. The maximum atomic E-state index is 9.52. The summed E-state index contributed by atoms with van der Waals surface area (Å²) in [7, 11) is 1.66. The topological polar surface area (TPSA) is 47.9 Å². The summed E-state index contributed by atoms with van der Waals surface area (Å²) in [5.41, 5.74) is 0.947. The summed E-state index contributed by atoms with van der Waals surface area (Å²) in [4.78, 5) is 1.16. The van der Waals surface area contributed by atoms with Crippen LogP contribution >= 0.6 is 11.8 Å². The molecule has 0 bridgehead atoms. The Labute approximate surface area is 125 Å². The van der Waals surface area contributed by atoms with Gasteiger partial charge in [0.05, 0.1) is 39.1 Å². The van der Waals surface area contributed by atoms with E-state index in [2.05, 4.69) is 0 Å². The van der Waals surface area contributed by atoms with Crippen molar-refractivity contribution in [3.05, 3.63) is 29.8 Å². The fraction of sp³-hybridized carbons (Fsp3) is 0.600. The van der Waals surface area contributed by atoms with Crippen molar-refractivity contribution in [2.24, 2.45) is 0 Å². The molecule has 0 saturated heterocycles. The lowest BCUT2D eigenvalue weighted by molar-refractivity contribution is 0.0286. The van der Waals surface area contributed by atoms with Gasteiger partial charge in [-0.25, -0.2) is 0 Å². The zero-order valence-electron chi connectivity index (χ0n) is 12.2. The molecule has 0 amide bonds. The fourth-order valence-electron chi connectivity index (χ4n) is 1.55. The third kappa shape index (κ3) is 7.87. The van der Waals surface area contributed by atoms with Crippen LogP contribution in [-0.4, -0.2) is 51.0 Å². The van der Waals surface area contributed by atoms with E-state index in [-0.39, 0.29) is 0 Å². The van der Waals surface area contributed by atoms with Crippen molar-refractivity contribution >= 4 is 11.8 Å². The minimum Gasteiger partial charge on any atom is -0.389 e. The molecule has 114 valence electrons. The summed E-state index contributed by atoms with van der Waals surface area (Å²) < 4.78 is 15.6. The van der Waals surface area contributed by atoms with Crippen LogP contribution in [0.4, 0.5) is 0 Å². The van der Waals surface area contributed by atoms with Crippen molar-refractivity contribution in [1.29, 1.82) is 0 Å². The van der Waals surface area contributed by atoms with E-state index in [4.69, 9.17) is 14.2 Å². The van der Waals surface area contributed by atoms with Gasteiger partial charge < -0.3 is 19.3 Å². The lowest BCUT2D eigenvalue weighted by atomic mass is 10.1. The van der Waals surface area contributed by atoms with Gasteiger partial charge in [0.25, 0.3) is 0 Å². The molecule has 0 aliphatic rings. The summed E-state index contributed by atoms with van der Waals surface area (Å²) in [6.07, 6.45) is -0.420. The van der Waals surface area contributed by atoms with Gasteiger partial charge in [0.1, 0.15) is 0 Å². The molecule has 1 aromatic rings. The molecule has 1 N–H and O–H groups in total. The Morgan fingerprint density at radius 3 is 2.50 bits per heavy atom. The number of rotatable bonds is 11. The van der Waals surface area contributed by atoms with Gasteiger partial charge in [0.2, 0.25) is 0 Å². The zero-order valence-corrected chi connectivity index (χ0v) is 13.0. The first-order valence-corrected chi connectivity index (χ1v) is 7.78. The van der Waals surface area contributed by atoms with Gasteiger partial charge >= 0.3 is 0 Å². The van der Waals surface area contributed by atoms with Crippen molar-refractivity contribution in [3.8, 4) is 0 Å². The molecule has 0 aliphatic heterocycles. The van der Waals surface area contributed by atoms with E-state index in [0.717, 1.165) is 16.2 Å². The number of benzene rings is 1. The summed E-state index contributed by atoms with van der Waals surface area (Å²) >= 11 is 1.73. The first kappa shape index (κ1) is 17.5. The van der Waals surface area contributed by atoms with Crippen LogP contribution in [-0.2, 0) is 14.2 Å². The molecule has 1 unspecified atom stereocenters. The molecule has 20 heavy (non-hydrogen) atoms.